The average Bonchev–Trinajstić information content (AvgIpc) is 4.05. The molecule has 2 aliphatic heterocycles. The second-order valence-electron chi connectivity index (χ2n) is 18.7. The number of carbonyl (C=O) groups excluding carboxylic acids is 3. The number of benzene rings is 2. The second kappa shape index (κ2) is 20.1. The zero-order valence-corrected chi connectivity index (χ0v) is 39.0. The quantitative estimate of drug-likeness (QED) is 0.0810. The van der Waals surface area contributed by atoms with Gasteiger partial charge in [0.15, 0.2) is 5.65 Å². The Morgan fingerprint density at radius 2 is 1.74 bits per heavy atom. The maximum atomic E-state index is 14.1. The third-order valence-corrected chi connectivity index (χ3v) is 13.6. The number of hydrogen-bond acceptors (Lipinski definition) is 13. The van der Waals surface area contributed by atoms with Crippen molar-refractivity contribution in [3.63, 3.8) is 0 Å². The number of aliphatic hydroxyl groups is 1. The number of thiazole rings is 1. The van der Waals surface area contributed by atoms with E-state index in [1.165, 1.54) is 10.5 Å². The predicted molar refractivity (Wildman–Crippen MR) is 254 cm³/mol. The maximum absolute atomic E-state index is 14.1. The number of β-amino-alcohol motifs (C(OH)–C–C–N with tert-alkyl or cyclic N) is 1. The number of phenolic OH excluding ortho intramolecular Hbond substituents is 1. The van der Waals surface area contributed by atoms with Crippen LogP contribution in [0.2, 0.25) is 0 Å². The fourth-order valence-electron chi connectivity index (χ4n) is 9.00. The summed E-state index contributed by atoms with van der Waals surface area (Å²) in [6, 6.07) is 15.3. The molecule has 1 unspecified atom stereocenters. The van der Waals surface area contributed by atoms with E-state index in [1.807, 2.05) is 101 Å². The maximum Gasteiger partial charge on any atom is 0.246 e. The van der Waals surface area contributed by atoms with Crippen molar-refractivity contribution in [3.05, 3.63) is 101 Å². The van der Waals surface area contributed by atoms with Gasteiger partial charge in [-0.1, -0.05) is 57.2 Å². The van der Waals surface area contributed by atoms with Gasteiger partial charge in [-0.25, -0.2) is 15.0 Å². The molecule has 17 heteroatoms. The van der Waals surface area contributed by atoms with Crippen LogP contribution in [0.25, 0.3) is 32.7 Å². The summed E-state index contributed by atoms with van der Waals surface area (Å²) in [6.45, 7) is 10.8. The highest BCUT2D eigenvalue weighted by atomic mass is 32.1. The molecule has 2 saturated heterocycles. The first-order valence-corrected chi connectivity index (χ1v) is 23.5. The Kier molecular flexibility index (Phi) is 14.1. The Morgan fingerprint density at radius 1 is 1.00 bits per heavy atom. The van der Waals surface area contributed by atoms with Crippen molar-refractivity contribution in [3.8, 4) is 27.4 Å². The number of aliphatic hydroxyl groups excluding tert-OH is 1. The minimum atomic E-state index is -0.889. The van der Waals surface area contributed by atoms with E-state index in [2.05, 4.69) is 40.6 Å². The molecule has 3 atom stereocenters. The lowest BCUT2D eigenvalue weighted by molar-refractivity contribution is -0.144. The summed E-state index contributed by atoms with van der Waals surface area (Å²) < 4.78 is 0. The van der Waals surface area contributed by atoms with Gasteiger partial charge >= 0.3 is 0 Å². The fraction of sp³-hybridized carbons (Fsp3) is 0.429. The molecule has 8 rings (SSSR count). The first kappa shape index (κ1) is 46.2. The summed E-state index contributed by atoms with van der Waals surface area (Å²) in [5, 5.41) is 36.7. The van der Waals surface area contributed by atoms with Gasteiger partial charge in [-0.15, -0.1) is 21.5 Å². The number of phenols is 1. The van der Waals surface area contributed by atoms with Gasteiger partial charge in [0.25, 0.3) is 0 Å². The van der Waals surface area contributed by atoms with Crippen LogP contribution in [0, 0.1) is 12.3 Å². The minimum Gasteiger partial charge on any atom is -0.507 e. The molecule has 5 N–H and O–H groups in total. The summed E-state index contributed by atoms with van der Waals surface area (Å²) in [5.74, 6) is 0.230. The Balaban J connectivity index is 0.782. The summed E-state index contributed by atoms with van der Waals surface area (Å²) in [7, 11) is 1.99. The van der Waals surface area contributed by atoms with Crippen LogP contribution >= 0.6 is 11.3 Å². The number of H-pyrrole nitrogens is 1. The summed E-state index contributed by atoms with van der Waals surface area (Å²) >= 11 is 1.58. The van der Waals surface area contributed by atoms with Crippen molar-refractivity contribution in [1.29, 1.82) is 0 Å². The van der Waals surface area contributed by atoms with Gasteiger partial charge in [0.2, 0.25) is 23.7 Å². The average molecular weight is 914 g/mol. The van der Waals surface area contributed by atoms with Crippen LogP contribution in [-0.2, 0) is 27.5 Å². The molecule has 0 aliphatic carbocycles. The number of nitrogens with zero attached hydrogens (tertiary/aromatic N) is 8. The van der Waals surface area contributed by atoms with Crippen molar-refractivity contribution in [2.24, 2.45) is 5.41 Å². The number of aromatic amines is 1. The third-order valence-electron chi connectivity index (χ3n) is 12.7. The molecule has 6 aromatic rings. The van der Waals surface area contributed by atoms with Gasteiger partial charge in [0.05, 0.1) is 27.9 Å². The van der Waals surface area contributed by atoms with Crippen molar-refractivity contribution in [2.45, 2.75) is 97.0 Å². The minimum absolute atomic E-state index is 0.0166. The van der Waals surface area contributed by atoms with E-state index in [9.17, 15) is 24.6 Å². The number of carbonyl (C=O) groups is 3. The van der Waals surface area contributed by atoms with Gasteiger partial charge in [-0.2, -0.15) is 0 Å². The third kappa shape index (κ3) is 10.7. The van der Waals surface area contributed by atoms with Gasteiger partial charge in [-0.3, -0.25) is 14.4 Å². The molecule has 346 valence electrons. The van der Waals surface area contributed by atoms with Crippen LogP contribution in [0.15, 0.2) is 78.7 Å². The smallest absolute Gasteiger partial charge is 0.246 e. The van der Waals surface area contributed by atoms with Crippen LogP contribution in [0.3, 0.4) is 0 Å². The molecule has 0 radical (unpaired) electrons. The number of aromatic nitrogens is 6. The summed E-state index contributed by atoms with van der Waals surface area (Å²) in [6.07, 6.45) is 7.67. The number of amides is 3. The van der Waals surface area contributed by atoms with Crippen LogP contribution < -0.4 is 15.5 Å². The van der Waals surface area contributed by atoms with Gasteiger partial charge in [0.1, 0.15) is 17.8 Å². The van der Waals surface area contributed by atoms with Crippen LogP contribution in [0.1, 0.15) is 81.2 Å². The molecular formula is C49H59N11O5S. The number of hydrogen-bond donors (Lipinski definition) is 5. The fourth-order valence-corrected chi connectivity index (χ4v) is 9.81. The molecule has 4 aromatic heterocycles. The van der Waals surface area contributed by atoms with Crippen LogP contribution in [-0.4, -0.2) is 119 Å². The van der Waals surface area contributed by atoms with E-state index in [0.29, 0.717) is 42.6 Å². The molecule has 0 saturated carbocycles. The van der Waals surface area contributed by atoms with E-state index < -0.39 is 23.6 Å². The number of rotatable bonds is 15. The molecule has 2 fully saturated rings. The normalized spacial score (nSPS) is 17.4. The molecule has 2 aliphatic rings. The van der Waals surface area contributed by atoms with Crippen molar-refractivity contribution >= 4 is 46.0 Å². The monoisotopic (exact) mass is 913 g/mol. The highest BCUT2D eigenvalue weighted by Crippen LogP contribution is 2.36. The lowest BCUT2D eigenvalue weighted by Crippen LogP contribution is -2.57. The van der Waals surface area contributed by atoms with Crippen molar-refractivity contribution in [1.82, 2.24) is 50.6 Å². The van der Waals surface area contributed by atoms with E-state index in [4.69, 9.17) is 9.97 Å². The topological polar surface area (TPSA) is 206 Å². The number of para-hydroxylation sites is 1. The molecule has 16 nitrogen and oxygen atoms in total. The highest BCUT2D eigenvalue weighted by Gasteiger charge is 2.44. The number of nitrogens with one attached hydrogen (secondary N) is 3. The van der Waals surface area contributed by atoms with Crippen LogP contribution in [0.4, 0.5) is 5.95 Å². The number of piperidine rings is 1. The first-order valence-electron chi connectivity index (χ1n) is 22.6. The summed E-state index contributed by atoms with van der Waals surface area (Å²) in [4.78, 5) is 64.8. The lowest BCUT2D eigenvalue weighted by Gasteiger charge is -2.35. The molecule has 6 heterocycles. The van der Waals surface area contributed by atoms with E-state index >= 15 is 0 Å². The van der Waals surface area contributed by atoms with E-state index in [0.717, 1.165) is 64.2 Å². The number of fused-ring (bicyclic) bond motifs is 1. The Morgan fingerprint density at radius 3 is 2.44 bits per heavy atom. The number of anilines is 1. The highest BCUT2D eigenvalue weighted by molar-refractivity contribution is 7.13. The van der Waals surface area contributed by atoms with Gasteiger partial charge in [0, 0.05) is 80.7 Å². The lowest BCUT2D eigenvalue weighted by atomic mass is 9.85. The van der Waals surface area contributed by atoms with Gasteiger partial charge in [-0.05, 0) is 86.0 Å². The molecule has 0 bridgehead atoms. The van der Waals surface area contributed by atoms with E-state index in [1.54, 1.807) is 23.5 Å². The molecule has 2 aromatic carbocycles. The van der Waals surface area contributed by atoms with Crippen LogP contribution in [0.5, 0.6) is 5.75 Å². The zero-order chi connectivity index (χ0) is 46.5. The number of aromatic hydroxyl groups is 1. The number of likely N-dealkylation sites (tertiary alicyclic amines) is 1. The van der Waals surface area contributed by atoms with E-state index in [-0.39, 0.29) is 49.4 Å². The molecule has 3 amide bonds. The Bertz CT molecular complexity index is 2640. The standard InChI is InChI=1S/C49H59N11O5S/c1-30-43(66-29-54-30)34-14-12-31(13-15-34)23-51-46(64)40-21-35(61)28-60(40)47(65)44(49(2,3)4)55-42(63)11-8-18-58(5)27-32-24-52-48(53-25-32)59-19-16-33(17-20-59)38-26-50-45-37(38)22-39(56-57-45)36-9-6-7-10-41(36)62/h6-7,9-10,12-15,22,24-26,29,33,35,40,44,61-62H,8,11,16-21,23,27-28H2,1-5H3,(H,50,57)(H,51,64)(H,55,63)/t35-,40+,44?/m1/s1. The molecule has 66 heavy (non-hydrogen) atoms. The summed E-state index contributed by atoms with van der Waals surface area (Å²) in [5.41, 5.74) is 8.30. The predicted octanol–water partition coefficient (Wildman–Crippen LogP) is 5.96. The first-order chi connectivity index (χ1) is 31.7. The Labute approximate surface area is 388 Å². The molecule has 0 spiro atoms. The zero-order valence-electron chi connectivity index (χ0n) is 38.2. The second-order valence-corrected chi connectivity index (χ2v) is 19.5. The van der Waals surface area contributed by atoms with Crippen molar-refractivity contribution < 1.29 is 24.6 Å². The number of aryl methyl sites for hydroxylation is 1. The van der Waals surface area contributed by atoms with Crippen molar-refractivity contribution in [2.75, 3.05) is 38.1 Å². The van der Waals surface area contributed by atoms with Gasteiger partial charge < -0.3 is 40.5 Å². The SMILES string of the molecule is Cc1ncsc1-c1ccc(CNC(=O)[C@@H]2C[C@@H](O)CN2C(=O)C(NC(=O)CCCN(C)Cc2cnc(N3CCC(c4c[nH]c5nnc(-c6ccccc6O)cc45)CC3)nc2)C(C)(C)C)cc1. The largest absolute Gasteiger partial charge is 0.507 e. The Hall–Kier alpha value is -6.30. The molecular weight excluding hydrogens is 855 g/mol.